The van der Waals surface area contributed by atoms with Crippen molar-refractivity contribution in [2.75, 3.05) is 13.1 Å². The van der Waals surface area contributed by atoms with Crippen LogP contribution < -0.4 is 10.0 Å². The number of sulfonamides is 1. The lowest BCUT2D eigenvalue weighted by Crippen LogP contribution is -2.36. The summed E-state index contributed by atoms with van der Waals surface area (Å²) in [6.45, 7) is 4.67. The summed E-state index contributed by atoms with van der Waals surface area (Å²) < 4.78 is 40.4. The first-order valence-electron chi connectivity index (χ1n) is 5.90. The van der Waals surface area contributed by atoms with E-state index in [0.29, 0.717) is 17.7 Å². The van der Waals surface area contributed by atoms with Gasteiger partial charge >= 0.3 is 0 Å². The molecule has 2 N–H and O–H groups in total. The first kappa shape index (κ1) is 16.4. The zero-order chi connectivity index (χ0) is 13.3. The Morgan fingerprint density at radius 2 is 1.89 bits per heavy atom. The number of hydrogen-bond acceptors (Lipinski definition) is 3. The maximum absolute atomic E-state index is 13.2. The number of rotatable bonds is 3. The molecule has 1 atom stereocenters. The van der Waals surface area contributed by atoms with E-state index in [2.05, 4.69) is 10.0 Å². The molecule has 0 amide bonds. The number of hydrogen-bond donors (Lipinski definition) is 2. The Hall–Kier alpha value is -0.690. The number of nitrogens with one attached hydrogen (secondary N) is 2. The minimum atomic E-state index is -3.58. The van der Waals surface area contributed by atoms with Crippen molar-refractivity contribution in [1.82, 2.24) is 10.0 Å². The van der Waals surface area contributed by atoms with Crippen LogP contribution in [0, 0.1) is 19.7 Å². The quantitative estimate of drug-likeness (QED) is 0.890. The van der Waals surface area contributed by atoms with Crippen molar-refractivity contribution < 1.29 is 12.8 Å². The molecule has 4 nitrogen and oxygen atoms in total. The Morgan fingerprint density at radius 3 is 2.37 bits per heavy atom. The van der Waals surface area contributed by atoms with E-state index in [1.807, 2.05) is 0 Å². The lowest BCUT2D eigenvalue weighted by Gasteiger charge is -2.15. The molecule has 1 aliphatic rings. The topological polar surface area (TPSA) is 58.2 Å². The van der Waals surface area contributed by atoms with Gasteiger partial charge in [0.05, 0.1) is 4.90 Å². The maximum Gasteiger partial charge on any atom is 0.241 e. The Morgan fingerprint density at radius 1 is 1.32 bits per heavy atom. The highest BCUT2D eigenvalue weighted by atomic mass is 35.5. The van der Waals surface area contributed by atoms with Gasteiger partial charge in [-0.15, -0.1) is 12.4 Å². The van der Waals surface area contributed by atoms with Crippen molar-refractivity contribution in [2.24, 2.45) is 0 Å². The van der Waals surface area contributed by atoms with Crippen molar-refractivity contribution >= 4 is 22.4 Å². The van der Waals surface area contributed by atoms with E-state index < -0.39 is 15.8 Å². The fraction of sp³-hybridized carbons (Fsp3) is 0.500. The lowest BCUT2D eigenvalue weighted by atomic mass is 10.1. The highest BCUT2D eigenvalue weighted by Crippen LogP contribution is 2.21. The van der Waals surface area contributed by atoms with Crippen LogP contribution in [0.25, 0.3) is 0 Å². The standard InChI is InChI=1S/C12H17FN2O2S.ClH/c1-8-5-10(13)6-9(2)12(8)18(16,17)15-11-3-4-14-7-11;/h5-6,11,14-15H,3-4,7H2,1-2H3;1H. The molecule has 1 heterocycles. The van der Waals surface area contributed by atoms with E-state index in [1.54, 1.807) is 13.8 Å². The smallest absolute Gasteiger partial charge is 0.241 e. The zero-order valence-corrected chi connectivity index (χ0v) is 12.5. The summed E-state index contributed by atoms with van der Waals surface area (Å²) in [5, 5.41) is 3.10. The zero-order valence-electron chi connectivity index (χ0n) is 10.9. The molecule has 0 aromatic heterocycles. The normalized spacial score (nSPS) is 19.2. The van der Waals surface area contributed by atoms with Crippen LogP contribution in [0.2, 0.25) is 0 Å². The second-order valence-corrected chi connectivity index (χ2v) is 6.33. The van der Waals surface area contributed by atoms with Crippen LogP contribution in [0.5, 0.6) is 0 Å². The molecule has 1 aliphatic heterocycles. The molecule has 0 radical (unpaired) electrons. The van der Waals surface area contributed by atoms with Crippen molar-refractivity contribution in [2.45, 2.75) is 31.2 Å². The number of halogens is 2. The Balaban J connectivity index is 0.00000180. The van der Waals surface area contributed by atoms with Crippen LogP contribution in [0.1, 0.15) is 17.5 Å². The average Bonchev–Trinajstić information content (AvgIpc) is 2.66. The average molecular weight is 309 g/mol. The first-order chi connectivity index (χ1) is 8.40. The molecule has 19 heavy (non-hydrogen) atoms. The van der Waals surface area contributed by atoms with Crippen LogP contribution in [-0.4, -0.2) is 27.5 Å². The predicted molar refractivity (Wildman–Crippen MR) is 74.7 cm³/mol. The molecular formula is C12H18ClFN2O2S. The summed E-state index contributed by atoms with van der Waals surface area (Å²) >= 11 is 0. The van der Waals surface area contributed by atoms with Gasteiger partial charge in [0.1, 0.15) is 5.82 Å². The van der Waals surface area contributed by atoms with Crippen LogP contribution >= 0.6 is 12.4 Å². The third kappa shape index (κ3) is 3.66. The van der Waals surface area contributed by atoms with Crippen molar-refractivity contribution in [1.29, 1.82) is 0 Å². The van der Waals surface area contributed by atoms with Crippen molar-refractivity contribution in [3.8, 4) is 0 Å². The fourth-order valence-corrected chi connectivity index (χ4v) is 4.08. The monoisotopic (exact) mass is 308 g/mol. The maximum atomic E-state index is 13.2. The van der Waals surface area contributed by atoms with E-state index in [9.17, 15) is 12.8 Å². The molecule has 1 saturated heterocycles. The SMILES string of the molecule is Cc1cc(F)cc(C)c1S(=O)(=O)NC1CCNC1.Cl. The molecule has 0 saturated carbocycles. The van der Waals surface area contributed by atoms with Crippen LogP contribution in [0.15, 0.2) is 17.0 Å². The molecule has 108 valence electrons. The molecule has 1 aromatic rings. The number of aryl methyl sites for hydroxylation is 2. The first-order valence-corrected chi connectivity index (χ1v) is 7.38. The van der Waals surface area contributed by atoms with Gasteiger partial charge in [0, 0.05) is 12.6 Å². The molecular weight excluding hydrogens is 291 g/mol. The van der Waals surface area contributed by atoms with Crippen LogP contribution in [0.3, 0.4) is 0 Å². The van der Waals surface area contributed by atoms with Gasteiger partial charge < -0.3 is 5.32 Å². The van der Waals surface area contributed by atoms with Gasteiger partial charge in [0.25, 0.3) is 0 Å². The molecule has 0 aliphatic carbocycles. The van der Waals surface area contributed by atoms with Crippen molar-refractivity contribution in [3.63, 3.8) is 0 Å². The highest BCUT2D eigenvalue weighted by Gasteiger charge is 2.25. The molecule has 1 unspecified atom stereocenters. The minimum Gasteiger partial charge on any atom is -0.315 e. The van der Waals surface area contributed by atoms with Crippen LogP contribution in [0.4, 0.5) is 4.39 Å². The molecule has 0 spiro atoms. The third-order valence-electron chi connectivity index (χ3n) is 3.08. The van der Waals surface area contributed by atoms with Gasteiger partial charge in [0.15, 0.2) is 0 Å². The van der Waals surface area contributed by atoms with E-state index in [0.717, 1.165) is 13.0 Å². The van der Waals surface area contributed by atoms with Gasteiger partial charge in [-0.1, -0.05) is 0 Å². The van der Waals surface area contributed by atoms with Gasteiger partial charge in [-0.3, -0.25) is 0 Å². The molecule has 1 aromatic carbocycles. The summed E-state index contributed by atoms with van der Waals surface area (Å²) in [6.07, 6.45) is 0.776. The van der Waals surface area contributed by atoms with Gasteiger partial charge in [-0.25, -0.2) is 17.5 Å². The van der Waals surface area contributed by atoms with E-state index in [4.69, 9.17) is 0 Å². The summed E-state index contributed by atoms with van der Waals surface area (Å²) in [4.78, 5) is 0.191. The second-order valence-electron chi connectivity index (χ2n) is 4.68. The van der Waals surface area contributed by atoms with E-state index in [-0.39, 0.29) is 23.3 Å². The van der Waals surface area contributed by atoms with E-state index in [1.165, 1.54) is 12.1 Å². The van der Waals surface area contributed by atoms with Gasteiger partial charge in [-0.2, -0.15) is 0 Å². The Kier molecular flexibility index (Phi) is 5.32. The Bertz CT molecular complexity index is 534. The lowest BCUT2D eigenvalue weighted by molar-refractivity contribution is 0.558. The molecule has 2 rings (SSSR count). The summed E-state index contributed by atoms with van der Waals surface area (Å²) in [5.41, 5.74) is 0.872. The number of benzene rings is 1. The van der Waals surface area contributed by atoms with E-state index >= 15 is 0 Å². The summed E-state index contributed by atoms with van der Waals surface area (Å²) in [5.74, 6) is -0.411. The van der Waals surface area contributed by atoms with Crippen LogP contribution in [-0.2, 0) is 10.0 Å². The second kappa shape index (κ2) is 6.17. The largest absolute Gasteiger partial charge is 0.315 e. The molecule has 7 heteroatoms. The fourth-order valence-electron chi connectivity index (χ4n) is 2.35. The summed E-state index contributed by atoms with van der Waals surface area (Å²) in [6, 6.07) is 2.40. The highest BCUT2D eigenvalue weighted by molar-refractivity contribution is 7.89. The molecule has 0 bridgehead atoms. The van der Waals surface area contributed by atoms with Gasteiger partial charge in [0.2, 0.25) is 10.0 Å². The minimum absolute atomic E-state index is 0. The third-order valence-corrected chi connectivity index (χ3v) is 4.90. The van der Waals surface area contributed by atoms with Gasteiger partial charge in [-0.05, 0) is 50.1 Å². The predicted octanol–water partition coefficient (Wildman–Crippen LogP) is 1.50. The van der Waals surface area contributed by atoms with Crippen molar-refractivity contribution in [3.05, 3.63) is 29.1 Å². The summed E-state index contributed by atoms with van der Waals surface area (Å²) in [7, 11) is -3.58. The molecule has 1 fully saturated rings. The Labute approximate surface area is 119 Å².